The van der Waals surface area contributed by atoms with Crippen LogP contribution in [-0.2, 0) is 27.4 Å². The number of hydrogen-bond donors (Lipinski definition) is 0. The largest absolute Gasteiger partial charge is 0.467 e. The smallest absolute Gasteiger partial charge is 0.242 e. The van der Waals surface area contributed by atoms with E-state index < -0.39 is 0 Å². The van der Waals surface area contributed by atoms with Crippen LogP contribution >= 0.6 is 0 Å². The van der Waals surface area contributed by atoms with Crippen molar-refractivity contribution in [1.29, 1.82) is 0 Å². The van der Waals surface area contributed by atoms with Crippen molar-refractivity contribution in [3.63, 3.8) is 0 Å². The number of ether oxygens (including phenoxy) is 1. The number of hydrogen-bond acceptors (Lipinski definition) is 5. The molecule has 1 saturated carbocycles. The minimum absolute atomic E-state index is 0.0435. The molecule has 0 atom stereocenters. The van der Waals surface area contributed by atoms with E-state index in [0.717, 1.165) is 76.3 Å². The highest BCUT2D eigenvalue weighted by Gasteiger charge is 2.29. The van der Waals surface area contributed by atoms with Gasteiger partial charge in [-0.25, -0.2) is 0 Å². The number of rotatable bonds is 11. The summed E-state index contributed by atoms with van der Waals surface area (Å²) < 4.78 is 11.0. The number of carbonyl (C=O) groups is 2. The van der Waals surface area contributed by atoms with Crippen LogP contribution in [0.3, 0.4) is 0 Å². The van der Waals surface area contributed by atoms with Crippen LogP contribution in [0, 0.1) is 5.92 Å². The summed E-state index contributed by atoms with van der Waals surface area (Å²) in [5.74, 6) is 0.901. The lowest BCUT2D eigenvalue weighted by Crippen LogP contribution is -2.45. The van der Waals surface area contributed by atoms with Gasteiger partial charge >= 0.3 is 0 Å². The average Bonchev–Trinajstić information content (AvgIpc) is 3.59. The van der Waals surface area contributed by atoms with Gasteiger partial charge in [-0.1, -0.05) is 43.2 Å². The molecule has 2 aromatic rings. The van der Waals surface area contributed by atoms with E-state index in [1.807, 2.05) is 47.4 Å². The Morgan fingerprint density at radius 2 is 1.71 bits per heavy atom. The zero-order valence-corrected chi connectivity index (χ0v) is 20.1. The molecule has 1 saturated heterocycles. The van der Waals surface area contributed by atoms with Crippen molar-refractivity contribution >= 4 is 11.8 Å². The third-order valence-corrected chi connectivity index (χ3v) is 6.84. The Balaban J connectivity index is 1.42. The Morgan fingerprint density at radius 3 is 2.41 bits per heavy atom. The van der Waals surface area contributed by atoms with E-state index in [1.54, 1.807) is 11.2 Å². The molecule has 34 heavy (non-hydrogen) atoms. The number of benzene rings is 1. The quantitative estimate of drug-likeness (QED) is 0.506. The van der Waals surface area contributed by atoms with Crippen LogP contribution < -0.4 is 0 Å². The molecule has 7 nitrogen and oxygen atoms in total. The summed E-state index contributed by atoms with van der Waals surface area (Å²) in [5, 5.41) is 0. The van der Waals surface area contributed by atoms with Gasteiger partial charge in [0.1, 0.15) is 5.76 Å². The van der Waals surface area contributed by atoms with E-state index in [0.29, 0.717) is 19.6 Å². The molecule has 0 N–H and O–H groups in total. The average molecular weight is 468 g/mol. The highest BCUT2D eigenvalue weighted by Crippen LogP contribution is 2.27. The summed E-state index contributed by atoms with van der Waals surface area (Å²) in [7, 11) is 0. The van der Waals surface area contributed by atoms with Crippen LogP contribution in [-0.4, -0.2) is 72.5 Å². The molecular formula is C27H37N3O4. The predicted molar refractivity (Wildman–Crippen MR) is 130 cm³/mol. The van der Waals surface area contributed by atoms with Crippen molar-refractivity contribution in [2.75, 3.05) is 45.9 Å². The number of furan rings is 1. The zero-order chi connectivity index (χ0) is 23.6. The lowest BCUT2D eigenvalue weighted by atomic mass is 10.1. The summed E-state index contributed by atoms with van der Waals surface area (Å²) in [6, 6.07) is 13.7. The van der Waals surface area contributed by atoms with Crippen LogP contribution in [0.1, 0.15) is 43.4 Å². The number of carbonyl (C=O) groups excluding carboxylic acids is 2. The molecule has 0 unspecified atom stereocenters. The molecule has 2 amide bonds. The van der Waals surface area contributed by atoms with Gasteiger partial charge in [-0.2, -0.15) is 0 Å². The third kappa shape index (κ3) is 7.18. The molecule has 0 bridgehead atoms. The summed E-state index contributed by atoms with van der Waals surface area (Å²) in [5.41, 5.74) is 1.06. The highest BCUT2D eigenvalue weighted by atomic mass is 16.5. The first kappa shape index (κ1) is 24.5. The van der Waals surface area contributed by atoms with Crippen molar-refractivity contribution in [2.45, 2.75) is 45.2 Å². The molecule has 0 spiro atoms. The second kappa shape index (κ2) is 12.7. The second-order valence-corrected chi connectivity index (χ2v) is 9.36. The monoisotopic (exact) mass is 467 g/mol. The minimum atomic E-state index is -0.0435. The molecule has 1 aliphatic heterocycles. The number of amides is 2. The van der Waals surface area contributed by atoms with Crippen LogP contribution in [0.5, 0.6) is 0 Å². The molecule has 2 aliphatic rings. The Hall–Kier alpha value is -2.64. The van der Waals surface area contributed by atoms with E-state index in [9.17, 15) is 9.59 Å². The van der Waals surface area contributed by atoms with Gasteiger partial charge in [-0.3, -0.25) is 14.5 Å². The molecule has 4 rings (SSSR count). The molecule has 1 aromatic heterocycles. The fourth-order valence-corrected chi connectivity index (χ4v) is 4.90. The van der Waals surface area contributed by atoms with Crippen LogP contribution in [0.4, 0.5) is 0 Å². The van der Waals surface area contributed by atoms with Gasteiger partial charge in [0.2, 0.25) is 11.8 Å². The first-order chi connectivity index (χ1) is 16.7. The normalized spacial score (nSPS) is 17.1. The van der Waals surface area contributed by atoms with Crippen molar-refractivity contribution in [2.24, 2.45) is 5.92 Å². The van der Waals surface area contributed by atoms with Crippen molar-refractivity contribution in [3.05, 3.63) is 60.1 Å². The van der Waals surface area contributed by atoms with E-state index in [2.05, 4.69) is 4.90 Å². The Morgan fingerprint density at radius 1 is 0.941 bits per heavy atom. The first-order valence-corrected chi connectivity index (χ1v) is 12.6. The summed E-state index contributed by atoms with van der Waals surface area (Å²) in [6.45, 7) is 5.93. The molecular weight excluding hydrogens is 430 g/mol. The molecule has 2 heterocycles. The highest BCUT2D eigenvalue weighted by molar-refractivity contribution is 5.86. The van der Waals surface area contributed by atoms with Crippen molar-refractivity contribution in [3.8, 4) is 0 Å². The van der Waals surface area contributed by atoms with Crippen LogP contribution in [0.2, 0.25) is 0 Å². The third-order valence-electron chi connectivity index (χ3n) is 6.84. The maximum absolute atomic E-state index is 13.5. The van der Waals surface area contributed by atoms with Crippen molar-refractivity contribution < 1.29 is 18.7 Å². The molecule has 1 aromatic carbocycles. The topological polar surface area (TPSA) is 66.2 Å². The van der Waals surface area contributed by atoms with Crippen LogP contribution in [0.15, 0.2) is 53.1 Å². The molecule has 0 radical (unpaired) electrons. The van der Waals surface area contributed by atoms with Crippen molar-refractivity contribution in [1.82, 2.24) is 14.7 Å². The van der Waals surface area contributed by atoms with Gasteiger partial charge in [0, 0.05) is 38.6 Å². The SMILES string of the molecule is O=C(CN(CCCN1CCOCC1)C(=O)C1CCCC1)N(Cc1ccccc1)Cc1ccco1. The summed E-state index contributed by atoms with van der Waals surface area (Å²) in [4.78, 5) is 32.9. The molecule has 1 aliphatic carbocycles. The van der Waals surface area contributed by atoms with Gasteiger partial charge in [-0.15, -0.1) is 0 Å². The van der Waals surface area contributed by atoms with E-state index in [1.165, 1.54) is 0 Å². The first-order valence-electron chi connectivity index (χ1n) is 12.6. The van der Waals surface area contributed by atoms with E-state index >= 15 is 0 Å². The minimum Gasteiger partial charge on any atom is -0.467 e. The van der Waals surface area contributed by atoms with Crippen LogP contribution in [0.25, 0.3) is 0 Å². The van der Waals surface area contributed by atoms with Gasteiger partial charge in [0.15, 0.2) is 0 Å². The van der Waals surface area contributed by atoms with E-state index in [4.69, 9.17) is 9.15 Å². The van der Waals surface area contributed by atoms with Gasteiger partial charge < -0.3 is 19.0 Å². The van der Waals surface area contributed by atoms with E-state index in [-0.39, 0.29) is 24.3 Å². The summed E-state index contributed by atoms with van der Waals surface area (Å²) in [6.07, 6.45) is 6.57. The number of morpholine rings is 1. The maximum atomic E-state index is 13.5. The van der Waals surface area contributed by atoms with Gasteiger partial charge in [0.25, 0.3) is 0 Å². The fraction of sp³-hybridized carbons (Fsp3) is 0.556. The Bertz CT molecular complexity index is 875. The second-order valence-electron chi connectivity index (χ2n) is 9.36. The number of nitrogens with zero attached hydrogens (tertiary/aromatic N) is 3. The molecule has 7 heteroatoms. The summed E-state index contributed by atoms with van der Waals surface area (Å²) >= 11 is 0. The zero-order valence-electron chi connectivity index (χ0n) is 20.1. The molecule has 184 valence electrons. The van der Waals surface area contributed by atoms with Gasteiger partial charge in [0.05, 0.1) is 32.6 Å². The lowest BCUT2D eigenvalue weighted by Gasteiger charge is -2.31. The Labute approximate surface area is 202 Å². The predicted octanol–water partition coefficient (Wildman–Crippen LogP) is 3.55. The van der Waals surface area contributed by atoms with Gasteiger partial charge in [-0.05, 0) is 37.0 Å². The standard InChI is InChI=1S/C27H37N3O4/c31-26(30(21-25-12-6-17-34-25)20-23-8-2-1-3-9-23)22-29(27(32)24-10-4-5-11-24)14-7-13-28-15-18-33-19-16-28/h1-3,6,8-9,12,17,24H,4-5,7,10-11,13-16,18-22H2. The molecule has 2 fully saturated rings. The lowest BCUT2D eigenvalue weighted by molar-refractivity contribution is -0.143. The maximum Gasteiger partial charge on any atom is 0.242 e. The fourth-order valence-electron chi connectivity index (χ4n) is 4.90. The Kier molecular flexibility index (Phi) is 9.16.